The number of phenolic OH excluding ortho intramolecular Hbond substituents is 1. The minimum Gasteiger partial charge on any atom is -0.508 e. The SMILES string of the molecule is C=CC(=O)N(C)c1ccc(C(=O)NCCc2cc(O)cc(F)c2)cc1. The Balaban J connectivity index is 1.92. The second-order valence-corrected chi connectivity index (χ2v) is 5.47. The fourth-order valence-corrected chi connectivity index (χ4v) is 2.30. The second-order valence-electron chi connectivity index (χ2n) is 5.47. The highest BCUT2D eigenvalue weighted by molar-refractivity contribution is 6.01. The van der Waals surface area contributed by atoms with Crippen molar-refractivity contribution in [2.75, 3.05) is 18.5 Å². The average Bonchev–Trinajstić information content (AvgIpc) is 2.59. The standard InChI is InChI=1S/C19H19FN2O3/c1-3-18(24)22(2)16-6-4-14(5-7-16)19(25)21-9-8-13-10-15(20)12-17(23)11-13/h3-7,10-12,23H,1,8-9H2,2H3,(H,21,25). The Labute approximate surface area is 145 Å². The van der Waals surface area contributed by atoms with Crippen molar-refractivity contribution in [1.82, 2.24) is 5.32 Å². The van der Waals surface area contributed by atoms with Gasteiger partial charge in [0.15, 0.2) is 0 Å². The van der Waals surface area contributed by atoms with Gasteiger partial charge in [-0.05, 0) is 54.5 Å². The molecule has 0 fully saturated rings. The molecule has 130 valence electrons. The maximum absolute atomic E-state index is 13.2. The lowest BCUT2D eigenvalue weighted by Crippen LogP contribution is -2.26. The van der Waals surface area contributed by atoms with Gasteiger partial charge in [-0.3, -0.25) is 9.59 Å². The molecule has 0 unspecified atom stereocenters. The molecule has 0 aliphatic rings. The van der Waals surface area contributed by atoms with Gasteiger partial charge < -0.3 is 15.3 Å². The number of carbonyl (C=O) groups excluding carboxylic acids is 2. The number of halogens is 1. The summed E-state index contributed by atoms with van der Waals surface area (Å²) in [4.78, 5) is 25.1. The lowest BCUT2D eigenvalue weighted by Gasteiger charge is -2.15. The Hall–Kier alpha value is -3.15. The summed E-state index contributed by atoms with van der Waals surface area (Å²) in [5, 5.41) is 12.1. The molecule has 2 N–H and O–H groups in total. The van der Waals surface area contributed by atoms with Crippen LogP contribution in [-0.2, 0) is 11.2 Å². The van der Waals surface area contributed by atoms with Crippen molar-refractivity contribution in [1.29, 1.82) is 0 Å². The van der Waals surface area contributed by atoms with Crippen LogP contribution in [0.2, 0.25) is 0 Å². The highest BCUT2D eigenvalue weighted by Gasteiger charge is 2.09. The molecule has 0 atom stereocenters. The van der Waals surface area contributed by atoms with Crippen LogP contribution in [0, 0.1) is 5.82 Å². The Morgan fingerprint density at radius 2 is 1.92 bits per heavy atom. The highest BCUT2D eigenvalue weighted by Crippen LogP contribution is 2.16. The first kappa shape index (κ1) is 18.2. The number of nitrogens with zero attached hydrogens (tertiary/aromatic N) is 1. The molecule has 0 aromatic heterocycles. The lowest BCUT2D eigenvalue weighted by atomic mass is 10.1. The van der Waals surface area contributed by atoms with Crippen LogP contribution in [0.4, 0.5) is 10.1 Å². The number of amides is 2. The van der Waals surface area contributed by atoms with Crippen LogP contribution < -0.4 is 10.2 Å². The fourth-order valence-electron chi connectivity index (χ4n) is 2.30. The molecular weight excluding hydrogens is 323 g/mol. The largest absolute Gasteiger partial charge is 0.508 e. The summed E-state index contributed by atoms with van der Waals surface area (Å²) in [5.41, 5.74) is 1.69. The predicted octanol–water partition coefficient (Wildman–Crippen LogP) is 2.65. The van der Waals surface area contributed by atoms with Crippen LogP contribution in [0.15, 0.2) is 55.1 Å². The van der Waals surface area contributed by atoms with Crippen molar-refractivity contribution in [3.63, 3.8) is 0 Å². The molecule has 5 nitrogen and oxygen atoms in total. The zero-order valence-corrected chi connectivity index (χ0v) is 13.8. The summed E-state index contributed by atoms with van der Waals surface area (Å²) in [6.07, 6.45) is 1.61. The molecule has 2 rings (SSSR count). The topological polar surface area (TPSA) is 69.6 Å². The Kier molecular flexibility index (Phi) is 5.89. The van der Waals surface area contributed by atoms with Gasteiger partial charge in [0.05, 0.1) is 0 Å². The van der Waals surface area contributed by atoms with Crippen molar-refractivity contribution >= 4 is 17.5 Å². The summed E-state index contributed by atoms with van der Waals surface area (Å²) in [5.74, 6) is -1.18. The Morgan fingerprint density at radius 3 is 2.52 bits per heavy atom. The van der Waals surface area contributed by atoms with Gasteiger partial charge in [-0.1, -0.05) is 6.58 Å². The average molecular weight is 342 g/mol. The van der Waals surface area contributed by atoms with Gasteiger partial charge >= 0.3 is 0 Å². The van der Waals surface area contributed by atoms with Gasteiger partial charge in [-0.15, -0.1) is 0 Å². The number of phenols is 1. The molecule has 2 amide bonds. The summed E-state index contributed by atoms with van der Waals surface area (Å²) in [7, 11) is 1.62. The molecular formula is C19H19FN2O3. The van der Waals surface area contributed by atoms with E-state index in [4.69, 9.17) is 0 Å². The van der Waals surface area contributed by atoms with E-state index in [-0.39, 0.29) is 17.6 Å². The van der Waals surface area contributed by atoms with Crippen molar-refractivity contribution in [2.24, 2.45) is 0 Å². The molecule has 0 aliphatic carbocycles. The Morgan fingerprint density at radius 1 is 1.24 bits per heavy atom. The molecule has 0 bridgehead atoms. The van der Waals surface area contributed by atoms with Gasteiger partial charge in [0.1, 0.15) is 11.6 Å². The fraction of sp³-hybridized carbons (Fsp3) is 0.158. The number of benzene rings is 2. The quantitative estimate of drug-likeness (QED) is 0.793. The molecule has 0 saturated heterocycles. The van der Waals surface area contributed by atoms with Crippen LogP contribution in [0.3, 0.4) is 0 Å². The second kappa shape index (κ2) is 8.10. The summed E-state index contributed by atoms with van der Waals surface area (Å²) < 4.78 is 13.2. The first-order chi connectivity index (χ1) is 11.9. The number of anilines is 1. The van der Waals surface area contributed by atoms with Crippen molar-refractivity contribution in [3.8, 4) is 5.75 Å². The van der Waals surface area contributed by atoms with E-state index >= 15 is 0 Å². The molecule has 2 aromatic carbocycles. The first-order valence-corrected chi connectivity index (χ1v) is 7.67. The van der Waals surface area contributed by atoms with Crippen molar-refractivity contribution in [2.45, 2.75) is 6.42 Å². The van der Waals surface area contributed by atoms with E-state index in [1.807, 2.05) is 0 Å². The van der Waals surface area contributed by atoms with Gasteiger partial charge in [-0.25, -0.2) is 4.39 Å². The molecule has 0 aliphatic heterocycles. The third-order valence-electron chi connectivity index (χ3n) is 3.66. The first-order valence-electron chi connectivity index (χ1n) is 7.67. The summed E-state index contributed by atoms with van der Waals surface area (Å²) >= 11 is 0. The van der Waals surface area contributed by atoms with Crippen LogP contribution in [0.25, 0.3) is 0 Å². The normalized spacial score (nSPS) is 10.2. The van der Waals surface area contributed by atoms with E-state index in [1.54, 1.807) is 31.3 Å². The molecule has 25 heavy (non-hydrogen) atoms. The molecule has 0 saturated carbocycles. The predicted molar refractivity (Wildman–Crippen MR) is 94.2 cm³/mol. The van der Waals surface area contributed by atoms with Gasteiger partial charge in [-0.2, -0.15) is 0 Å². The maximum Gasteiger partial charge on any atom is 0.251 e. The third-order valence-corrected chi connectivity index (χ3v) is 3.66. The Bertz CT molecular complexity index is 768. The minimum atomic E-state index is -0.518. The number of likely N-dealkylation sites (N-methyl/N-ethyl adjacent to an activating group) is 1. The van der Waals surface area contributed by atoms with E-state index in [2.05, 4.69) is 11.9 Å². The molecule has 0 heterocycles. The van der Waals surface area contributed by atoms with Crippen molar-refractivity contribution in [3.05, 3.63) is 72.1 Å². The van der Waals surface area contributed by atoms with Crippen LogP contribution in [-0.4, -0.2) is 30.5 Å². The minimum absolute atomic E-state index is 0.143. The van der Waals surface area contributed by atoms with Gasteiger partial charge in [0.2, 0.25) is 5.91 Å². The molecule has 2 aromatic rings. The number of hydrogen-bond donors (Lipinski definition) is 2. The lowest BCUT2D eigenvalue weighted by molar-refractivity contribution is -0.113. The monoisotopic (exact) mass is 342 g/mol. The number of nitrogens with one attached hydrogen (secondary N) is 1. The van der Waals surface area contributed by atoms with Crippen LogP contribution in [0.1, 0.15) is 15.9 Å². The van der Waals surface area contributed by atoms with Crippen LogP contribution in [0.5, 0.6) is 5.75 Å². The summed E-state index contributed by atoms with van der Waals surface area (Å²) in [6, 6.07) is 10.4. The van der Waals surface area contributed by atoms with Crippen molar-refractivity contribution < 1.29 is 19.1 Å². The zero-order chi connectivity index (χ0) is 18.4. The van der Waals surface area contributed by atoms with Crippen LogP contribution >= 0.6 is 0 Å². The molecule has 0 spiro atoms. The van der Waals surface area contributed by atoms with Gasteiger partial charge in [0.25, 0.3) is 5.91 Å². The third kappa shape index (κ3) is 4.91. The number of carbonyl (C=O) groups is 2. The van der Waals surface area contributed by atoms with E-state index in [0.29, 0.717) is 29.8 Å². The van der Waals surface area contributed by atoms with Gasteiger partial charge in [0, 0.05) is 30.9 Å². The van der Waals surface area contributed by atoms with E-state index in [1.165, 1.54) is 23.1 Å². The highest BCUT2D eigenvalue weighted by atomic mass is 19.1. The number of rotatable bonds is 6. The van der Waals surface area contributed by atoms with E-state index in [9.17, 15) is 19.1 Å². The number of hydrogen-bond acceptors (Lipinski definition) is 3. The number of aromatic hydroxyl groups is 1. The molecule has 0 radical (unpaired) electrons. The molecule has 6 heteroatoms. The zero-order valence-electron chi connectivity index (χ0n) is 13.8. The summed E-state index contributed by atoms with van der Waals surface area (Å²) in [6.45, 7) is 3.73. The smallest absolute Gasteiger partial charge is 0.251 e. The van der Waals surface area contributed by atoms with E-state index < -0.39 is 5.82 Å². The van der Waals surface area contributed by atoms with E-state index in [0.717, 1.165) is 6.07 Å². The maximum atomic E-state index is 13.2.